The van der Waals surface area contributed by atoms with Gasteiger partial charge in [-0.25, -0.2) is 4.79 Å². The molecule has 0 aromatic heterocycles. The van der Waals surface area contributed by atoms with Crippen molar-refractivity contribution in [2.75, 3.05) is 13.2 Å². The SMILES string of the molecule is Cc1cc2cc(c1C)CNC(=O)[C@H](CCc1ccccc1)NC(=O)[C@@H](NC(=O)OCc1ccccc1)CCCC(=O)NCCCCO2. The zero-order valence-electron chi connectivity index (χ0n) is 27.3. The van der Waals surface area contributed by atoms with Crippen LogP contribution in [0.2, 0.25) is 0 Å². The van der Waals surface area contributed by atoms with Crippen molar-refractivity contribution in [3.63, 3.8) is 0 Å². The number of hydrogen-bond donors (Lipinski definition) is 4. The summed E-state index contributed by atoms with van der Waals surface area (Å²) >= 11 is 0. The molecule has 1 heterocycles. The number of nitrogens with one attached hydrogen (secondary N) is 4. The van der Waals surface area contributed by atoms with Crippen molar-refractivity contribution in [1.82, 2.24) is 21.3 Å². The van der Waals surface area contributed by atoms with Gasteiger partial charge in [-0.3, -0.25) is 14.4 Å². The molecule has 2 atom stereocenters. The molecule has 0 aliphatic carbocycles. The second-order valence-corrected chi connectivity index (χ2v) is 11.9. The molecule has 0 radical (unpaired) electrons. The summed E-state index contributed by atoms with van der Waals surface area (Å²) in [7, 11) is 0. The van der Waals surface area contributed by atoms with Gasteiger partial charge in [0.05, 0.1) is 6.61 Å². The van der Waals surface area contributed by atoms with E-state index < -0.39 is 24.1 Å². The summed E-state index contributed by atoms with van der Waals surface area (Å²) in [5.74, 6) is -0.271. The van der Waals surface area contributed by atoms with Gasteiger partial charge in [0.1, 0.15) is 24.4 Å². The van der Waals surface area contributed by atoms with E-state index in [4.69, 9.17) is 9.47 Å². The Balaban J connectivity index is 1.53. The smallest absolute Gasteiger partial charge is 0.408 e. The number of aryl methyl sites for hydroxylation is 2. The first-order valence-electron chi connectivity index (χ1n) is 16.4. The van der Waals surface area contributed by atoms with Crippen LogP contribution in [0.25, 0.3) is 0 Å². The lowest BCUT2D eigenvalue weighted by atomic mass is 10.0. The van der Waals surface area contributed by atoms with E-state index in [-0.39, 0.29) is 37.8 Å². The van der Waals surface area contributed by atoms with Gasteiger partial charge < -0.3 is 30.7 Å². The van der Waals surface area contributed by atoms with Crippen LogP contribution < -0.4 is 26.0 Å². The van der Waals surface area contributed by atoms with Crippen molar-refractivity contribution < 1.29 is 28.7 Å². The minimum atomic E-state index is -1.01. The Kier molecular flexibility index (Phi) is 13.6. The van der Waals surface area contributed by atoms with Crippen molar-refractivity contribution in [1.29, 1.82) is 0 Å². The van der Waals surface area contributed by atoms with Crippen LogP contribution in [0, 0.1) is 13.8 Å². The highest BCUT2D eigenvalue weighted by Gasteiger charge is 2.27. The van der Waals surface area contributed by atoms with Crippen LogP contribution in [-0.2, 0) is 38.7 Å². The maximum Gasteiger partial charge on any atom is 0.408 e. The molecule has 10 heteroatoms. The fourth-order valence-electron chi connectivity index (χ4n) is 5.34. The molecule has 1 aliphatic heterocycles. The lowest BCUT2D eigenvalue weighted by Gasteiger charge is -2.24. The van der Waals surface area contributed by atoms with Gasteiger partial charge in [0.15, 0.2) is 0 Å². The number of alkyl carbamates (subject to hydrolysis) is 1. The number of fused-ring (bicyclic) bond motifs is 2. The molecule has 0 fully saturated rings. The Morgan fingerprint density at radius 2 is 1.62 bits per heavy atom. The van der Waals surface area contributed by atoms with E-state index in [1.54, 1.807) is 0 Å². The highest BCUT2D eigenvalue weighted by molar-refractivity contribution is 5.91. The van der Waals surface area contributed by atoms with E-state index in [0.717, 1.165) is 46.4 Å². The van der Waals surface area contributed by atoms with E-state index in [0.29, 0.717) is 32.4 Å². The minimum Gasteiger partial charge on any atom is -0.494 e. The van der Waals surface area contributed by atoms with Crippen molar-refractivity contribution in [2.24, 2.45) is 0 Å². The number of amides is 4. The molecule has 3 aromatic carbocycles. The lowest BCUT2D eigenvalue weighted by molar-refractivity contribution is -0.130. The Morgan fingerprint density at radius 3 is 2.36 bits per heavy atom. The third-order valence-electron chi connectivity index (χ3n) is 8.28. The normalized spacial score (nSPS) is 18.5. The second-order valence-electron chi connectivity index (χ2n) is 11.9. The Hall–Kier alpha value is -4.86. The van der Waals surface area contributed by atoms with Crippen LogP contribution in [-0.4, -0.2) is 49.1 Å². The molecule has 250 valence electrons. The van der Waals surface area contributed by atoms with E-state index in [1.165, 1.54) is 0 Å². The van der Waals surface area contributed by atoms with Crippen molar-refractivity contribution in [3.8, 4) is 5.75 Å². The van der Waals surface area contributed by atoms with Gasteiger partial charge in [-0.1, -0.05) is 60.7 Å². The average molecular weight is 643 g/mol. The molecule has 47 heavy (non-hydrogen) atoms. The van der Waals surface area contributed by atoms with Crippen LogP contribution in [0.1, 0.15) is 66.3 Å². The molecule has 0 spiro atoms. The zero-order chi connectivity index (χ0) is 33.4. The number of carbonyl (C=O) groups excluding carboxylic acids is 4. The monoisotopic (exact) mass is 642 g/mol. The van der Waals surface area contributed by atoms with Gasteiger partial charge >= 0.3 is 6.09 Å². The Morgan fingerprint density at radius 1 is 0.894 bits per heavy atom. The topological polar surface area (TPSA) is 135 Å². The molecule has 10 nitrogen and oxygen atoms in total. The third kappa shape index (κ3) is 11.8. The number of benzene rings is 3. The van der Waals surface area contributed by atoms with Gasteiger partial charge in [0.2, 0.25) is 17.7 Å². The van der Waals surface area contributed by atoms with Gasteiger partial charge in [-0.2, -0.15) is 0 Å². The summed E-state index contributed by atoms with van der Waals surface area (Å²) in [6.45, 7) is 5.33. The average Bonchev–Trinajstić information content (AvgIpc) is 3.07. The van der Waals surface area contributed by atoms with Gasteiger partial charge in [-0.15, -0.1) is 0 Å². The van der Waals surface area contributed by atoms with Crippen LogP contribution in [0.4, 0.5) is 4.79 Å². The van der Waals surface area contributed by atoms with E-state index in [2.05, 4.69) is 21.3 Å². The predicted molar refractivity (Wildman–Crippen MR) is 180 cm³/mol. The summed E-state index contributed by atoms with van der Waals surface area (Å²) in [5.41, 5.74) is 4.85. The zero-order valence-corrected chi connectivity index (χ0v) is 27.3. The number of carbonyl (C=O) groups is 4. The first kappa shape index (κ1) is 35.0. The summed E-state index contributed by atoms with van der Waals surface area (Å²) in [5, 5.41) is 11.5. The van der Waals surface area contributed by atoms with Gasteiger partial charge in [-0.05, 0) is 92.3 Å². The third-order valence-corrected chi connectivity index (χ3v) is 8.28. The number of hydrogen-bond acceptors (Lipinski definition) is 6. The molecule has 0 saturated carbocycles. The lowest BCUT2D eigenvalue weighted by Crippen LogP contribution is -2.54. The van der Waals surface area contributed by atoms with Gasteiger partial charge in [0.25, 0.3) is 0 Å². The summed E-state index contributed by atoms with van der Waals surface area (Å²) in [4.78, 5) is 52.7. The minimum absolute atomic E-state index is 0.0383. The Labute approximate surface area is 277 Å². The highest BCUT2D eigenvalue weighted by atomic mass is 16.5. The maximum atomic E-state index is 13.7. The van der Waals surface area contributed by atoms with Crippen LogP contribution in [0.15, 0.2) is 72.8 Å². The summed E-state index contributed by atoms with van der Waals surface area (Å²) < 4.78 is 11.4. The van der Waals surface area contributed by atoms with Crippen LogP contribution >= 0.6 is 0 Å². The first-order valence-corrected chi connectivity index (χ1v) is 16.4. The van der Waals surface area contributed by atoms with Crippen LogP contribution in [0.5, 0.6) is 5.75 Å². The van der Waals surface area contributed by atoms with Crippen molar-refractivity contribution >= 4 is 23.8 Å². The standard InChI is InChI=1S/C37H46N4O6/c1-26-22-31-23-30(27(26)2)24-39-35(43)33(19-18-28-12-5-3-6-13-28)40-36(44)32(16-11-17-34(42)38-20-9-10-21-46-31)41-37(45)47-25-29-14-7-4-8-15-29/h3-8,12-15,22-23,32-33H,9-11,16-21,24-25H2,1-2H3,(H,38,42)(H,39,43)(H,40,44)(H,41,45)/t32-,33-/m0/s1. The molecule has 4 rings (SSSR count). The maximum absolute atomic E-state index is 13.7. The van der Waals surface area contributed by atoms with E-state index >= 15 is 0 Å². The molecular formula is C37H46N4O6. The quantitative estimate of drug-likeness (QED) is 0.306. The number of rotatable bonds is 6. The predicted octanol–water partition coefficient (Wildman–Crippen LogP) is 4.79. The number of ether oxygens (including phenoxy) is 2. The fourth-order valence-corrected chi connectivity index (χ4v) is 5.34. The molecule has 2 bridgehead atoms. The summed E-state index contributed by atoms with van der Waals surface area (Å²) in [6, 6.07) is 21.0. The molecule has 1 aliphatic rings. The molecule has 3 aromatic rings. The van der Waals surface area contributed by atoms with E-state index in [1.807, 2.05) is 86.6 Å². The molecule has 4 amide bonds. The van der Waals surface area contributed by atoms with Crippen molar-refractivity contribution in [3.05, 3.63) is 101 Å². The molecule has 0 unspecified atom stereocenters. The van der Waals surface area contributed by atoms with E-state index in [9.17, 15) is 19.2 Å². The molecular weight excluding hydrogens is 596 g/mol. The van der Waals surface area contributed by atoms with Crippen molar-refractivity contribution in [2.45, 2.75) is 84.0 Å². The fraction of sp³-hybridized carbons (Fsp3) is 0.405. The summed E-state index contributed by atoms with van der Waals surface area (Å²) in [6.07, 6.45) is 2.37. The second kappa shape index (κ2) is 18.3. The largest absolute Gasteiger partial charge is 0.494 e. The first-order chi connectivity index (χ1) is 22.8. The highest BCUT2D eigenvalue weighted by Crippen LogP contribution is 2.22. The molecule has 4 N–H and O–H groups in total. The van der Waals surface area contributed by atoms with Gasteiger partial charge in [0, 0.05) is 19.5 Å². The molecule has 0 saturated heterocycles. The Bertz CT molecular complexity index is 1480. The van der Waals surface area contributed by atoms with Crippen LogP contribution in [0.3, 0.4) is 0 Å².